The summed E-state index contributed by atoms with van der Waals surface area (Å²) in [4.78, 5) is 21.1. The average Bonchev–Trinajstić information content (AvgIpc) is 1.97. The van der Waals surface area contributed by atoms with Crippen LogP contribution in [-0.2, 0) is 19.1 Å². The van der Waals surface area contributed by atoms with E-state index in [1.807, 2.05) is 0 Å². The number of rotatable bonds is 5. The molecule has 2 unspecified atom stereocenters. The molecule has 3 radical (unpaired) electrons. The minimum absolute atomic E-state index is 0. The quantitative estimate of drug-likeness (QED) is 0.503. The molecule has 0 spiro atoms. The Bertz CT molecular complexity index is 205. The van der Waals surface area contributed by atoms with Crippen LogP contribution in [0.25, 0.3) is 0 Å². The van der Waals surface area contributed by atoms with Crippen molar-refractivity contribution in [2.45, 2.75) is 39.4 Å². The number of hydrogen-bond donors (Lipinski definition) is 1. The van der Waals surface area contributed by atoms with Crippen LogP contribution in [0.3, 0.4) is 0 Å². The van der Waals surface area contributed by atoms with Crippen LogP contribution in [0, 0.1) is 0 Å². The van der Waals surface area contributed by atoms with Crippen molar-refractivity contribution in [3.8, 4) is 0 Å². The van der Waals surface area contributed by atoms with Gasteiger partial charge in [-0.1, -0.05) is 0 Å². The molecule has 1 N–H and O–H groups in total. The van der Waals surface area contributed by atoms with E-state index in [9.17, 15) is 9.59 Å². The molecule has 0 aliphatic carbocycles. The second-order valence-electron chi connectivity index (χ2n) is 3.12. The molecule has 0 aliphatic rings. The van der Waals surface area contributed by atoms with Crippen molar-refractivity contribution in [3.05, 3.63) is 0 Å². The fraction of sp³-hybridized carbons (Fsp3) is 0.778. The summed E-state index contributed by atoms with van der Waals surface area (Å²) >= 11 is 0. The van der Waals surface area contributed by atoms with Crippen molar-refractivity contribution in [2.24, 2.45) is 0 Å². The van der Waals surface area contributed by atoms with Gasteiger partial charge in [-0.15, -0.1) is 0 Å². The molecule has 5 nitrogen and oxygen atoms in total. The Morgan fingerprint density at radius 2 is 1.80 bits per heavy atom. The van der Waals surface area contributed by atoms with Gasteiger partial charge in [-0.2, -0.15) is 0 Å². The number of hydrogen-bond acceptors (Lipinski definition) is 5. The summed E-state index contributed by atoms with van der Waals surface area (Å²) < 4.78 is 9.51. The van der Waals surface area contributed by atoms with Crippen molar-refractivity contribution >= 4 is 38.1 Å². The summed E-state index contributed by atoms with van der Waals surface area (Å²) in [6.45, 7) is 4.10. The second-order valence-corrected chi connectivity index (χ2v) is 3.12. The molecular weight excluding hydrogens is 397 g/mol. The van der Waals surface area contributed by atoms with Crippen LogP contribution in [-0.4, -0.2) is 62.1 Å². The molecule has 0 aromatic heterocycles. The van der Waals surface area contributed by atoms with Crippen molar-refractivity contribution < 1.29 is 24.2 Å². The zero-order valence-electron chi connectivity index (χ0n) is 9.10. The number of ether oxygens (including phenoxy) is 2. The van der Waals surface area contributed by atoms with E-state index >= 15 is 0 Å². The fourth-order valence-corrected chi connectivity index (χ4v) is 0.976. The van der Waals surface area contributed by atoms with Crippen LogP contribution in [0.1, 0.15) is 27.2 Å². The Morgan fingerprint density at radius 1 is 1.27 bits per heavy atom. The molecule has 87 valence electrons. The normalized spacial score (nSPS) is 13.3. The molecule has 2 atom stereocenters. The first-order valence-corrected chi connectivity index (χ1v) is 4.40. The van der Waals surface area contributed by atoms with Crippen molar-refractivity contribution in [3.63, 3.8) is 0 Å². The molecule has 15 heavy (non-hydrogen) atoms. The van der Waals surface area contributed by atoms with Gasteiger partial charge in [0, 0.05) is 46.5 Å². The number of esters is 2. The zero-order chi connectivity index (χ0) is 11.1. The maximum Gasteiger partial charge on any atom is 0.303 e. The third-order valence-corrected chi connectivity index (χ3v) is 1.41. The second kappa shape index (κ2) is 9.04. The van der Waals surface area contributed by atoms with Crippen LogP contribution in [0.5, 0.6) is 0 Å². The van der Waals surface area contributed by atoms with E-state index in [-0.39, 0.29) is 39.2 Å². The molecule has 0 saturated heterocycles. The molecule has 0 aliphatic heterocycles. The first-order chi connectivity index (χ1) is 6.41. The Labute approximate surface area is 108 Å². The molecule has 0 fully saturated rings. The molecule has 0 saturated carbocycles. The van der Waals surface area contributed by atoms with Gasteiger partial charge >= 0.3 is 11.9 Å². The van der Waals surface area contributed by atoms with Crippen molar-refractivity contribution in [2.75, 3.05) is 6.61 Å². The van der Waals surface area contributed by atoms with E-state index in [0.29, 0.717) is 0 Å². The third kappa shape index (κ3) is 11.7. The van der Waals surface area contributed by atoms with Crippen LogP contribution in [0.2, 0.25) is 0 Å². The molecule has 0 aromatic carbocycles. The Hall–Kier alpha value is -0.217. The van der Waals surface area contributed by atoms with E-state index in [1.165, 1.54) is 13.8 Å². The maximum atomic E-state index is 10.6. The first-order valence-electron chi connectivity index (χ1n) is 4.40. The predicted molar refractivity (Wildman–Crippen MR) is 54.2 cm³/mol. The predicted octanol–water partition coefficient (Wildman–Crippen LogP) is -0.129. The van der Waals surface area contributed by atoms with Crippen LogP contribution in [0.15, 0.2) is 0 Å². The van der Waals surface area contributed by atoms with Gasteiger partial charge in [0.1, 0.15) is 12.7 Å². The molecule has 0 heterocycles. The summed E-state index contributed by atoms with van der Waals surface area (Å²) in [6.07, 6.45) is -0.918. The largest absolute Gasteiger partial charge is 0.462 e. The summed E-state index contributed by atoms with van der Waals surface area (Å²) in [5.74, 6) is -0.893. The van der Waals surface area contributed by atoms with E-state index < -0.39 is 24.1 Å². The van der Waals surface area contributed by atoms with Gasteiger partial charge in [-0.3, -0.25) is 9.59 Å². The zero-order valence-corrected chi connectivity index (χ0v) is 12.6. The average molecular weight is 413 g/mol. The van der Waals surface area contributed by atoms with Crippen molar-refractivity contribution in [1.29, 1.82) is 0 Å². The van der Waals surface area contributed by atoms with Gasteiger partial charge in [0.25, 0.3) is 0 Å². The fourth-order valence-electron chi connectivity index (χ4n) is 0.976. The van der Waals surface area contributed by atoms with Gasteiger partial charge in [0.2, 0.25) is 0 Å². The Balaban J connectivity index is 0. The molecule has 0 amide bonds. The number of aliphatic hydroxyl groups excluding tert-OH is 1. The number of carbonyl (C=O) groups excluding carboxylic acids is 2. The Morgan fingerprint density at radius 3 is 2.13 bits per heavy atom. The Kier molecular flexibility index (Phi) is 10.4. The molecule has 0 bridgehead atoms. The minimum atomic E-state index is -0.602. The standard InChI is InChI=1S/C9H16O5.Bi/c1-6(10)4-9(14-8(3)12)5-13-7(2)11;/h6,9-10H,4-5H2,1-3H3;. The summed E-state index contributed by atoms with van der Waals surface area (Å²) in [5.41, 5.74) is 0. The van der Waals surface area contributed by atoms with E-state index in [0.717, 1.165) is 0 Å². The smallest absolute Gasteiger partial charge is 0.303 e. The molecule has 6 heteroatoms. The minimum Gasteiger partial charge on any atom is -0.462 e. The van der Waals surface area contributed by atoms with Gasteiger partial charge in [0.05, 0.1) is 6.10 Å². The maximum absolute atomic E-state index is 10.6. The van der Waals surface area contributed by atoms with Gasteiger partial charge in [0.15, 0.2) is 0 Å². The third-order valence-electron chi connectivity index (χ3n) is 1.41. The summed E-state index contributed by atoms with van der Waals surface area (Å²) in [6, 6.07) is 0. The van der Waals surface area contributed by atoms with Gasteiger partial charge in [-0.05, 0) is 6.92 Å². The molecular formula is C9H16BiO5. The SMILES string of the molecule is CC(=O)OCC(CC(C)O)OC(C)=O.[Bi]. The van der Waals surface area contributed by atoms with E-state index in [2.05, 4.69) is 4.74 Å². The van der Waals surface area contributed by atoms with E-state index in [1.54, 1.807) is 6.92 Å². The molecule has 0 aromatic rings. The number of carbonyl (C=O) groups is 2. The van der Waals surface area contributed by atoms with E-state index in [4.69, 9.17) is 9.84 Å². The number of aliphatic hydroxyl groups is 1. The van der Waals surface area contributed by atoms with Crippen LogP contribution < -0.4 is 0 Å². The van der Waals surface area contributed by atoms with Crippen LogP contribution >= 0.6 is 0 Å². The first kappa shape index (κ1) is 17.2. The summed E-state index contributed by atoms with van der Waals surface area (Å²) in [7, 11) is 0. The monoisotopic (exact) mass is 413 g/mol. The topological polar surface area (TPSA) is 72.8 Å². The van der Waals surface area contributed by atoms with Gasteiger partial charge < -0.3 is 14.6 Å². The van der Waals surface area contributed by atoms with Crippen molar-refractivity contribution in [1.82, 2.24) is 0 Å². The summed E-state index contributed by atoms with van der Waals surface area (Å²) in [5, 5.41) is 9.07. The van der Waals surface area contributed by atoms with Gasteiger partial charge in [-0.25, -0.2) is 0 Å². The molecule has 0 rings (SSSR count). The van der Waals surface area contributed by atoms with Crippen LogP contribution in [0.4, 0.5) is 0 Å².